The van der Waals surface area contributed by atoms with Gasteiger partial charge in [0.1, 0.15) is 17.8 Å². The zero-order chi connectivity index (χ0) is 13.4. The molecular formula is C13H20O5. The van der Waals surface area contributed by atoms with Crippen molar-refractivity contribution in [2.45, 2.75) is 57.1 Å². The van der Waals surface area contributed by atoms with Gasteiger partial charge in [-0.25, -0.2) is 0 Å². The van der Waals surface area contributed by atoms with Crippen molar-refractivity contribution in [3.63, 3.8) is 0 Å². The fraction of sp³-hybridized carbons (Fsp3) is 0.769. The Labute approximate surface area is 107 Å². The van der Waals surface area contributed by atoms with E-state index in [-0.39, 0.29) is 0 Å². The Morgan fingerprint density at radius 2 is 2.06 bits per heavy atom. The van der Waals surface area contributed by atoms with Crippen LogP contribution in [0, 0.1) is 0 Å². The van der Waals surface area contributed by atoms with Crippen LogP contribution in [0.25, 0.3) is 0 Å². The van der Waals surface area contributed by atoms with Gasteiger partial charge in [-0.15, -0.1) is 0 Å². The van der Waals surface area contributed by atoms with Crippen molar-refractivity contribution in [3.05, 3.63) is 12.2 Å². The third kappa shape index (κ3) is 2.01. The van der Waals surface area contributed by atoms with Crippen molar-refractivity contribution in [3.8, 4) is 0 Å². The van der Waals surface area contributed by atoms with Crippen LogP contribution in [0.3, 0.4) is 0 Å². The van der Waals surface area contributed by atoms with E-state index in [2.05, 4.69) is 0 Å². The maximum Gasteiger partial charge on any atom is 0.191 e. The summed E-state index contributed by atoms with van der Waals surface area (Å²) in [5, 5.41) is 0. The van der Waals surface area contributed by atoms with E-state index in [1.165, 1.54) is 0 Å². The minimum atomic E-state index is -0.813. The molecule has 2 aliphatic heterocycles. The van der Waals surface area contributed by atoms with Gasteiger partial charge in [0, 0.05) is 13.5 Å². The average Bonchev–Trinajstić information content (AvgIpc) is 2.77. The Balaban J connectivity index is 2.30. The normalized spacial score (nSPS) is 42.3. The van der Waals surface area contributed by atoms with Gasteiger partial charge < -0.3 is 23.7 Å². The molecular weight excluding hydrogens is 236 g/mol. The molecule has 0 unspecified atom stereocenters. The standard InChI is InChI=1S/C13H20O5/c1-5-6-7-13(15-4)9(8-14)16-11-10(13)17-12(2,3)18-11/h5-6,8-11H,7H2,1-4H3/b6-5-/t9-,10+,11-,13-/m1/s1. The molecule has 0 aromatic heterocycles. The first-order chi connectivity index (χ1) is 8.49. The summed E-state index contributed by atoms with van der Waals surface area (Å²) in [4.78, 5) is 11.2. The number of carbonyl (C=O) groups is 1. The smallest absolute Gasteiger partial charge is 0.191 e. The number of hydrogen-bond donors (Lipinski definition) is 0. The monoisotopic (exact) mass is 256 g/mol. The molecule has 0 spiro atoms. The highest BCUT2D eigenvalue weighted by atomic mass is 16.8. The van der Waals surface area contributed by atoms with Crippen LogP contribution in [0.1, 0.15) is 27.2 Å². The third-order valence-electron chi connectivity index (χ3n) is 3.48. The molecule has 2 fully saturated rings. The van der Waals surface area contributed by atoms with Gasteiger partial charge in [0.2, 0.25) is 0 Å². The van der Waals surface area contributed by atoms with Crippen LogP contribution in [0.4, 0.5) is 0 Å². The maximum atomic E-state index is 11.2. The van der Waals surface area contributed by atoms with Crippen LogP contribution in [0.15, 0.2) is 12.2 Å². The fourth-order valence-corrected chi connectivity index (χ4v) is 2.58. The molecule has 0 radical (unpaired) electrons. The number of carbonyl (C=O) groups excluding carboxylic acids is 1. The van der Waals surface area contributed by atoms with Gasteiger partial charge in [0.05, 0.1) is 0 Å². The number of fused-ring (bicyclic) bond motifs is 1. The summed E-state index contributed by atoms with van der Waals surface area (Å²) in [6.07, 6.45) is 3.53. The third-order valence-corrected chi connectivity index (χ3v) is 3.48. The van der Waals surface area contributed by atoms with Crippen LogP contribution in [0.5, 0.6) is 0 Å². The average molecular weight is 256 g/mol. The molecule has 18 heavy (non-hydrogen) atoms. The summed E-state index contributed by atoms with van der Waals surface area (Å²) in [5.41, 5.74) is -0.813. The van der Waals surface area contributed by atoms with Gasteiger partial charge in [-0.3, -0.25) is 0 Å². The zero-order valence-electron chi connectivity index (χ0n) is 11.2. The molecule has 5 nitrogen and oxygen atoms in total. The van der Waals surface area contributed by atoms with Gasteiger partial charge in [-0.2, -0.15) is 0 Å². The summed E-state index contributed by atoms with van der Waals surface area (Å²) in [6, 6.07) is 0. The summed E-state index contributed by atoms with van der Waals surface area (Å²) in [7, 11) is 1.57. The SMILES string of the molecule is C/C=C\C[C@@]1(OC)[C@@H](C=O)O[C@@H]2OC(C)(C)O[C@@H]21. The van der Waals surface area contributed by atoms with Crippen molar-refractivity contribution in [1.82, 2.24) is 0 Å². The lowest BCUT2D eigenvalue weighted by molar-refractivity contribution is -0.228. The number of rotatable bonds is 4. The van der Waals surface area contributed by atoms with E-state index in [0.29, 0.717) is 6.42 Å². The highest BCUT2D eigenvalue weighted by molar-refractivity contribution is 5.60. The van der Waals surface area contributed by atoms with Crippen LogP contribution in [0.2, 0.25) is 0 Å². The number of allylic oxidation sites excluding steroid dienone is 1. The highest BCUT2D eigenvalue weighted by Gasteiger charge is 2.63. The van der Waals surface area contributed by atoms with Crippen molar-refractivity contribution in [2.75, 3.05) is 7.11 Å². The van der Waals surface area contributed by atoms with Crippen molar-refractivity contribution in [2.24, 2.45) is 0 Å². The number of aldehydes is 1. The van der Waals surface area contributed by atoms with Crippen LogP contribution >= 0.6 is 0 Å². The van der Waals surface area contributed by atoms with Crippen LogP contribution in [-0.2, 0) is 23.7 Å². The molecule has 0 amide bonds. The zero-order valence-corrected chi connectivity index (χ0v) is 11.2. The molecule has 4 atom stereocenters. The first-order valence-electron chi connectivity index (χ1n) is 6.12. The molecule has 2 rings (SSSR count). The summed E-state index contributed by atoms with van der Waals surface area (Å²) in [6.45, 7) is 5.56. The second kappa shape index (κ2) is 4.74. The first kappa shape index (κ1) is 13.7. The lowest BCUT2D eigenvalue weighted by Gasteiger charge is -2.34. The molecule has 2 heterocycles. The molecule has 2 aliphatic rings. The minimum absolute atomic E-state index is 0.399. The van der Waals surface area contributed by atoms with Gasteiger partial charge in [0.15, 0.2) is 18.4 Å². The summed E-state index contributed by atoms with van der Waals surface area (Å²) in [5.74, 6) is -0.719. The van der Waals surface area contributed by atoms with Gasteiger partial charge in [0.25, 0.3) is 0 Å². The Morgan fingerprint density at radius 1 is 1.33 bits per heavy atom. The highest BCUT2D eigenvalue weighted by Crippen LogP contribution is 2.46. The van der Waals surface area contributed by atoms with Crippen LogP contribution < -0.4 is 0 Å². The number of methoxy groups -OCH3 is 1. The minimum Gasteiger partial charge on any atom is -0.372 e. The van der Waals surface area contributed by atoms with Crippen molar-refractivity contribution in [1.29, 1.82) is 0 Å². The van der Waals surface area contributed by atoms with E-state index in [9.17, 15) is 4.79 Å². The summed E-state index contributed by atoms with van der Waals surface area (Å²) < 4.78 is 22.7. The maximum absolute atomic E-state index is 11.2. The molecule has 0 saturated carbocycles. The van der Waals surface area contributed by atoms with Gasteiger partial charge in [-0.05, 0) is 20.8 Å². The number of hydrogen-bond acceptors (Lipinski definition) is 5. The Morgan fingerprint density at radius 3 is 2.61 bits per heavy atom. The van der Waals surface area contributed by atoms with E-state index >= 15 is 0 Å². The Kier molecular flexibility index (Phi) is 3.60. The second-order valence-corrected chi connectivity index (χ2v) is 5.05. The summed E-state index contributed by atoms with van der Waals surface area (Å²) >= 11 is 0. The van der Waals surface area contributed by atoms with Gasteiger partial charge in [-0.1, -0.05) is 12.2 Å². The molecule has 0 aromatic carbocycles. The molecule has 102 valence electrons. The quantitative estimate of drug-likeness (QED) is 0.562. The molecule has 2 saturated heterocycles. The molecule has 0 aliphatic carbocycles. The lowest BCUT2D eigenvalue weighted by Crippen LogP contribution is -2.51. The Hall–Kier alpha value is -0.750. The number of ether oxygens (including phenoxy) is 4. The molecule has 0 bridgehead atoms. The predicted molar refractivity (Wildman–Crippen MR) is 63.9 cm³/mol. The van der Waals surface area contributed by atoms with E-state index < -0.39 is 29.9 Å². The van der Waals surface area contributed by atoms with Crippen LogP contribution in [-0.4, -0.2) is 43.3 Å². The van der Waals surface area contributed by atoms with E-state index in [4.69, 9.17) is 18.9 Å². The fourth-order valence-electron chi connectivity index (χ4n) is 2.58. The topological polar surface area (TPSA) is 54.0 Å². The van der Waals surface area contributed by atoms with Crippen molar-refractivity contribution >= 4 is 6.29 Å². The Bertz CT molecular complexity index is 351. The lowest BCUT2D eigenvalue weighted by atomic mass is 9.89. The van der Waals surface area contributed by atoms with E-state index in [1.54, 1.807) is 7.11 Å². The predicted octanol–water partition coefficient (Wildman–Crippen LogP) is 1.41. The second-order valence-electron chi connectivity index (χ2n) is 5.05. The molecule has 5 heteroatoms. The molecule has 0 aromatic rings. The van der Waals surface area contributed by atoms with Gasteiger partial charge >= 0.3 is 0 Å². The first-order valence-corrected chi connectivity index (χ1v) is 6.12. The van der Waals surface area contributed by atoms with E-state index in [0.717, 1.165) is 6.29 Å². The molecule has 0 N–H and O–H groups in total. The largest absolute Gasteiger partial charge is 0.372 e. The van der Waals surface area contributed by atoms with Crippen molar-refractivity contribution < 1.29 is 23.7 Å². The van der Waals surface area contributed by atoms with E-state index in [1.807, 2.05) is 32.9 Å².